The highest BCUT2D eigenvalue weighted by molar-refractivity contribution is 6.02. The molecule has 0 radical (unpaired) electrons. The van der Waals surface area contributed by atoms with Gasteiger partial charge in [0.1, 0.15) is 17.5 Å². The smallest absolute Gasteiger partial charge is 0.330 e. The van der Waals surface area contributed by atoms with Crippen molar-refractivity contribution in [3.63, 3.8) is 0 Å². The number of anilines is 1. The normalized spacial score (nSPS) is 16.3. The minimum absolute atomic E-state index is 0.0117. The van der Waals surface area contributed by atoms with Crippen LogP contribution in [0.1, 0.15) is 48.5 Å². The molecule has 38 heavy (non-hydrogen) atoms. The molecule has 2 aromatic heterocycles. The number of carbonyl (C=O) groups is 4. The summed E-state index contributed by atoms with van der Waals surface area (Å²) in [6.07, 6.45) is 10.2. The van der Waals surface area contributed by atoms with Gasteiger partial charge >= 0.3 is 5.97 Å². The first-order valence-electron chi connectivity index (χ1n) is 12.1. The summed E-state index contributed by atoms with van der Waals surface area (Å²) in [5.74, 6) is 0.466. The van der Waals surface area contributed by atoms with Gasteiger partial charge < -0.3 is 29.8 Å². The molecular weight excluding hydrogens is 494 g/mol. The number of nitrogens with zero attached hydrogens (tertiary/aromatic N) is 2. The van der Waals surface area contributed by atoms with Crippen LogP contribution in [0.5, 0.6) is 0 Å². The van der Waals surface area contributed by atoms with Crippen molar-refractivity contribution in [3.05, 3.63) is 58.4 Å². The number of hydrogen-bond acceptors (Lipinski definition) is 8. The van der Waals surface area contributed by atoms with Gasteiger partial charge in [0.2, 0.25) is 11.8 Å². The zero-order valence-corrected chi connectivity index (χ0v) is 21.1. The molecule has 3 rings (SSSR count). The van der Waals surface area contributed by atoms with Crippen molar-refractivity contribution in [3.8, 4) is 12.3 Å². The minimum atomic E-state index is -1.13. The molecule has 3 heterocycles. The largest absolute Gasteiger partial charge is 0.463 e. The summed E-state index contributed by atoms with van der Waals surface area (Å²) in [6.45, 7) is 3.99. The van der Waals surface area contributed by atoms with E-state index >= 15 is 0 Å². The van der Waals surface area contributed by atoms with Crippen molar-refractivity contribution in [2.24, 2.45) is 5.92 Å². The lowest BCUT2D eigenvalue weighted by Crippen LogP contribution is -2.43. The maximum atomic E-state index is 13.4. The maximum absolute atomic E-state index is 13.4. The summed E-state index contributed by atoms with van der Waals surface area (Å²) in [4.78, 5) is 63.0. The van der Waals surface area contributed by atoms with E-state index in [1.807, 2.05) is 0 Å². The number of hydrogen-bond donors (Lipinski definition) is 3. The SMILES string of the molecule is C#CC[C@@H](C(=O)N[C@H](/C=C/C(=O)OCC)CC1CCNC1=O)n1cccc(NC(=O)c2cc(C)on2)c1=O. The molecule has 0 aliphatic carbocycles. The Morgan fingerprint density at radius 2 is 2.18 bits per heavy atom. The van der Waals surface area contributed by atoms with E-state index in [2.05, 4.69) is 27.0 Å². The first-order chi connectivity index (χ1) is 18.2. The molecule has 1 aliphatic rings. The Labute approximate surface area is 218 Å². The highest BCUT2D eigenvalue weighted by atomic mass is 16.5. The number of terminal acetylenes is 1. The van der Waals surface area contributed by atoms with Crippen LogP contribution in [0.25, 0.3) is 0 Å². The van der Waals surface area contributed by atoms with Gasteiger partial charge in [0.15, 0.2) is 5.69 Å². The Hall–Kier alpha value is -4.66. The first kappa shape index (κ1) is 27.9. The summed E-state index contributed by atoms with van der Waals surface area (Å²) < 4.78 is 10.9. The van der Waals surface area contributed by atoms with Crippen molar-refractivity contribution in [2.45, 2.75) is 45.2 Å². The Morgan fingerprint density at radius 1 is 1.39 bits per heavy atom. The topological polar surface area (TPSA) is 162 Å². The maximum Gasteiger partial charge on any atom is 0.330 e. The number of aryl methyl sites for hydroxylation is 1. The molecule has 1 aliphatic heterocycles. The molecule has 12 heteroatoms. The lowest BCUT2D eigenvalue weighted by molar-refractivity contribution is -0.137. The van der Waals surface area contributed by atoms with Gasteiger partial charge in [0.25, 0.3) is 11.5 Å². The Bertz CT molecular complexity index is 1320. The average Bonchev–Trinajstić information content (AvgIpc) is 3.50. The van der Waals surface area contributed by atoms with Crippen LogP contribution in [-0.4, -0.2) is 52.6 Å². The number of aromatic nitrogens is 2. The highest BCUT2D eigenvalue weighted by Crippen LogP contribution is 2.19. The van der Waals surface area contributed by atoms with Crippen LogP contribution in [-0.2, 0) is 19.1 Å². The standard InChI is InChI=1S/C26H29N5O7/c1-4-7-21(31-13-6-8-19(26(31)36)29-24(34)20-14-16(3)38-30-20)25(35)28-18(9-10-22(32)37-5-2)15-17-11-12-27-23(17)33/h1,6,8-10,13-14,17-18,21H,5,7,11-12,15H2,2-3H3,(H,27,33)(H,28,35)(H,29,34)/b10-9+/t17?,18-,21+/m1/s1. The quantitative estimate of drug-likeness (QED) is 0.224. The first-order valence-corrected chi connectivity index (χ1v) is 12.1. The Kier molecular flexibility index (Phi) is 9.59. The lowest BCUT2D eigenvalue weighted by Gasteiger charge is -2.23. The summed E-state index contributed by atoms with van der Waals surface area (Å²) in [6, 6.07) is 2.45. The predicted molar refractivity (Wildman–Crippen MR) is 136 cm³/mol. The van der Waals surface area contributed by atoms with Gasteiger partial charge in [-0.3, -0.25) is 19.2 Å². The van der Waals surface area contributed by atoms with Gasteiger partial charge in [-0.15, -0.1) is 12.3 Å². The number of amides is 3. The summed E-state index contributed by atoms with van der Waals surface area (Å²) >= 11 is 0. The van der Waals surface area contributed by atoms with Crippen LogP contribution >= 0.6 is 0 Å². The molecule has 3 atom stereocenters. The molecule has 12 nitrogen and oxygen atoms in total. The molecule has 2 aromatic rings. The number of ether oxygens (including phenoxy) is 1. The lowest BCUT2D eigenvalue weighted by atomic mass is 9.97. The fraction of sp³-hybridized carbons (Fsp3) is 0.385. The second-order valence-electron chi connectivity index (χ2n) is 8.57. The second-order valence-corrected chi connectivity index (χ2v) is 8.57. The van der Waals surface area contributed by atoms with Crippen molar-refractivity contribution < 1.29 is 28.4 Å². The number of nitrogens with one attached hydrogen (secondary N) is 3. The number of carbonyl (C=O) groups excluding carboxylic acids is 4. The van der Waals surface area contributed by atoms with Gasteiger partial charge in [0.05, 0.1) is 6.61 Å². The Balaban J connectivity index is 1.83. The molecule has 1 fully saturated rings. The van der Waals surface area contributed by atoms with E-state index in [-0.39, 0.29) is 42.7 Å². The van der Waals surface area contributed by atoms with E-state index in [1.165, 1.54) is 36.5 Å². The molecule has 1 unspecified atom stereocenters. The molecule has 0 spiro atoms. The van der Waals surface area contributed by atoms with Crippen molar-refractivity contribution in [1.29, 1.82) is 0 Å². The van der Waals surface area contributed by atoms with E-state index in [0.717, 1.165) is 4.57 Å². The molecule has 1 saturated heterocycles. The molecular formula is C26H29N5O7. The number of pyridine rings is 1. The average molecular weight is 524 g/mol. The molecule has 200 valence electrons. The molecule has 0 saturated carbocycles. The van der Waals surface area contributed by atoms with Crippen LogP contribution < -0.4 is 21.5 Å². The third-order valence-electron chi connectivity index (χ3n) is 5.81. The summed E-state index contributed by atoms with van der Waals surface area (Å²) in [5, 5.41) is 11.6. The minimum Gasteiger partial charge on any atom is -0.463 e. The van der Waals surface area contributed by atoms with Gasteiger partial charge in [-0.05, 0) is 38.8 Å². The van der Waals surface area contributed by atoms with Gasteiger partial charge in [-0.1, -0.05) is 11.2 Å². The van der Waals surface area contributed by atoms with E-state index in [9.17, 15) is 24.0 Å². The summed E-state index contributed by atoms with van der Waals surface area (Å²) in [5.41, 5.74) is -0.762. The van der Waals surface area contributed by atoms with Gasteiger partial charge in [-0.25, -0.2) is 4.79 Å². The van der Waals surface area contributed by atoms with E-state index in [4.69, 9.17) is 15.7 Å². The highest BCUT2D eigenvalue weighted by Gasteiger charge is 2.29. The predicted octanol–water partition coefficient (Wildman–Crippen LogP) is 1.09. The van der Waals surface area contributed by atoms with Crippen molar-refractivity contribution in [2.75, 3.05) is 18.5 Å². The third kappa shape index (κ3) is 7.19. The third-order valence-corrected chi connectivity index (χ3v) is 5.81. The fourth-order valence-electron chi connectivity index (χ4n) is 3.97. The van der Waals surface area contributed by atoms with Crippen LogP contribution in [0.2, 0.25) is 0 Å². The van der Waals surface area contributed by atoms with Gasteiger partial charge in [-0.2, -0.15) is 0 Å². The van der Waals surface area contributed by atoms with Crippen molar-refractivity contribution in [1.82, 2.24) is 20.4 Å². The molecule has 3 N–H and O–H groups in total. The van der Waals surface area contributed by atoms with Crippen LogP contribution in [0.15, 0.2) is 45.9 Å². The zero-order chi connectivity index (χ0) is 27.7. The Morgan fingerprint density at radius 3 is 2.82 bits per heavy atom. The summed E-state index contributed by atoms with van der Waals surface area (Å²) in [7, 11) is 0. The van der Waals surface area contributed by atoms with E-state index in [1.54, 1.807) is 13.8 Å². The van der Waals surface area contributed by atoms with E-state index in [0.29, 0.717) is 18.7 Å². The molecule has 0 bridgehead atoms. The number of rotatable bonds is 11. The van der Waals surface area contributed by atoms with Crippen LogP contribution in [0.3, 0.4) is 0 Å². The van der Waals surface area contributed by atoms with Crippen molar-refractivity contribution >= 4 is 29.4 Å². The van der Waals surface area contributed by atoms with Crippen LogP contribution in [0.4, 0.5) is 5.69 Å². The monoisotopic (exact) mass is 523 g/mol. The fourth-order valence-corrected chi connectivity index (χ4v) is 3.97. The molecule has 0 aromatic carbocycles. The molecule has 3 amide bonds. The zero-order valence-electron chi connectivity index (χ0n) is 21.1. The van der Waals surface area contributed by atoms with Gasteiger partial charge in [0, 0.05) is 43.3 Å². The number of esters is 1. The van der Waals surface area contributed by atoms with E-state index < -0.39 is 35.4 Å². The van der Waals surface area contributed by atoms with Crippen LogP contribution in [0, 0.1) is 25.2 Å². The second kappa shape index (κ2) is 13.0.